The number of nitrogens with zero attached hydrogens (tertiary/aromatic N) is 1. The summed E-state index contributed by atoms with van der Waals surface area (Å²) < 4.78 is 0. The zero-order valence-electron chi connectivity index (χ0n) is 12.6. The maximum absolute atomic E-state index is 12.8. The molecular weight excluding hydrogens is 298 g/mol. The van der Waals surface area contributed by atoms with Crippen LogP contribution >= 0.6 is 11.6 Å². The molecule has 1 heterocycles. The number of amides is 1. The molecule has 0 radical (unpaired) electrons. The first kappa shape index (κ1) is 15.1. The predicted octanol–water partition coefficient (Wildman–Crippen LogP) is 4.04. The molecule has 1 N–H and O–H groups in total. The van der Waals surface area contributed by atoms with Crippen molar-refractivity contribution in [1.29, 1.82) is 0 Å². The van der Waals surface area contributed by atoms with Crippen molar-refractivity contribution in [2.24, 2.45) is 0 Å². The first-order chi connectivity index (χ1) is 10.5. The van der Waals surface area contributed by atoms with Crippen molar-refractivity contribution in [3.63, 3.8) is 0 Å². The number of carbonyl (C=O) groups excluding carboxylic acids is 1. The normalized spacial score (nSPS) is 17.3. The summed E-state index contributed by atoms with van der Waals surface area (Å²) in [5.41, 5.74) is 4.39. The van der Waals surface area contributed by atoms with Gasteiger partial charge in [-0.25, -0.2) is 0 Å². The van der Waals surface area contributed by atoms with Gasteiger partial charge in [-0.2, -0.15) is 0 Å². The molecule has 0 aromatic heterocycles. The second-order valence-corrected chi connectivity index (χ2v) is 6.20. The van der Waals surface area contributed by atoms with Crippen molar-refractivity contribution in [2.75, 3.05) is 11.4 Å². The highest BCUT2D eigenvalue weighted by atomic mass is 35.5. The van der Waals surface area contributed by atoms with Gasteiger partial charge in [-0.05, 0) is 61.7 Å². The van der Waals surface area contributed by atoms with E-state index in [9.17, 15) is 9.90 Å². The SMILES string of the molecule is Cc1ccc(C(=O)N2CCC(O)c3cc(Cl)ccc32)cc1C. The van der Waals surface area contributed by atoms with Gasteiger partial charge in [0, 0.05) is 28.4 Å². The minimum Gasteiger partial charge on any atom is -0.388 e. The third-order valence-corrected chi connectivity index (χ3v) is 4.50. The minimum absolute atomic E-state index is 0.0430. The van der Waals surface area contributed by atoms with Gasteiger partial charge in [0.15, 0.2) is 0 Å². The highest BCUT2D eigenvalue weighted by Crippen LogP contribution is 2.36. The van der Waals surface area contributed by atoms with Gasteiger partial charge in [-0.1, -0.05) is 17.7 Å². The highest BCUT2D eigenvalue weighted by molar-refractivity contribution is 6.30. The molecule has 3 nitrogen and oxygen atoms in total. The zero-order valence-corrected chi connectivity index (χ0v) is 13.4. The fraction of sp³-hybridized carbons (Fsp3) is 0.278. The number of aryl methyl sites for hydroxylation is 2. The van der Waals surface area contributed by atoms with E-state index >= 15 is 0 Å². The fourth-order valence-corrected chi connectivity index (χ4v) is 2.99. The van der Waals surface area contributed by atoms with Crippen LogP contribution < -0.4 is 4.90 Å². The van der Waals surface area contributed by atoms with Crippen LogP contribution in [-0.4, -0.2) is 17.6 Å². The number of benzene rings is 2. The Morgan fingerprint density at radius 2 is 1.95 bits per heavy atom. The molecule has 2 aromatic carbocycles. The second kappa shape index (κ2) is 5.75. The number of carbonyl (C=O) groups is 1. The third-order valence-electron chi connectivity index (χ3n) is 4.26. The maximum Gasteiger partial charge on any atom is 0.258 e. The Labute approximate surface area is 135 Å². The van der Waals surface area contributed by atoms with Crippen LogP contribution in [0.3, 0.4) is 0 Å². The molecule has 0 bridgehead atoms. The molecule has 22 heavy (non-hydrogen) atoms. The summed E-state index contributed by atoms with van der Waals surface area (Å²) in [5.74, 6) is -0.0430. The van der Waals surface area contributed by atoms with Crippen molar-refractivity contribution in [3.05, 3.63) is 63.7 Å². The lowest BCUT2D eigenvalue weighted by Gasteiger charge is -2.32. The Bertz CT molecular complexity index is 742. The smallest absolute Gasteiger partial charge is 0.258 e. The Balaban J connectivity index is 2.00. The van der Waals surface area contributed by atoms with Gasteiger partial charge >= 0.3 is 0 Å². The first-order valence-electron chi connectivity index (χ1n) is 7.34. The van der Waals surface area contributed by atoms with E-state index in [1.54, 1.807) is 23.1 Å². The number of aliphatic hydroxyl groups excluding tert-OH is 1. The van der Waals surface area contributed by atoms with Gasteiger partial charge in [0.2, 0.25) is 0 Å². The Morgan fingerprint density at radius 1 is 1.18 bits per heavy atom. The molecule has 1 aliphatic heterocycles. The number of hydrogen-bond donors (Lipinski definition) is 1. The quantitative estimate of drug-likeness (QED) is 0.862. The van der Waals surface area contributed by atoms with Crippen LogP contribution in [0.5, 0.6) is 0 Å². The molecule has 0 saturated heterocycles. The average Bonchev–Trinajstić information content (AvgIpc) is 2.50. The number of rotatable bonds is 1. The molecule has 0 saturated carbocycles. The van der Waals surface area contributed by atoms with E-state index in [4.69, 9.17) is 11.6 Å². The van der Waals surface area contributed by atoms with Crippen LogP contribution in [-0.2, 0) is 0 Å². The fourth-order valence-electron chi connectivity index (χ4n) is 2.81. The summed E-state index contributed by atoms with van der Waals surface area (Å²) in [4.78, 5) is 14.6. The van der Waals surface area contributed by atoms with Crippen molar-refractivity contribution in [2.45, 2.75) is 26.4 Å². The molecule has 114 valence electrons. The molecule has 1 aliphatic rings. The van der Waals surface area contributed by atoms with Crippen molar-refractivity contribution >= 4 is 23.2 Å². The molecular formula is C18H18ClNO2. The summed E-state index contributed by atoms with van der Waals surface area (Å²) in [7, 11) is 0. The van der Waals surface area contributed by atoms with Crippen molar-refractivity contribution in [3.8, 4) is 0 Å². The van der Waals surface area contributed by atoms with Crippen LogP contribution in [0, 0.1) is 13.8 Å². The summed E-state index contributed by atoms with van der Waals surface area (Å²) >= 11 is 6.01. The first-order valence-corrected chi connectivity index (χ1v) is 7.72. The molecule has 3 rings (SSSR count). The maximum atomic E-state index is 12.8. The van der Waals surface area contributed by atoms with Gasteiger partial charge in [-0.15, -0.1) is 0 Å². The Kier molecular flexibility index (Phi) is 3.94. The molecule has 1 unspecified atom stereocenters. The average molecular weight is 316 g/mol. The minimum atomic E-state index is -0.572. The topological polar surface area (TPSA) is 40.5 Å². The van der Waals surface area contributed by atoms with Crippen LogP contribution in [0.15, 0.2) is 36.4 Å². The van der Waals surface area contributed by atoms with Gasteiger partial charge in [0.25, 0.3) is 5.91 Å². The van der Waals surface area contributed by atoms with Crippen molar-refractivity contribution < 1.29 is 9.90 Å². The van der Waals surface area contributed by atoms with E-state index in [2.05, 4.69) is 0 Å². The van der Waals surface area contributed by atoms with Gasteiger partial charge in [0.05, 0.1) is 6.10 Å². The lowest BCUT2D eigenvalue weighted by molar-refractivity contribution is 0.0970. The molecule has 1 amide bonds. The lowest BCUT2D eigenvalue weighted by atomic mass is 9.97. The van der Waals surface area contributed by atoms with Gasteiger partial charge in [0.1, 0.15) is 0 Å². The van der Waals surface area contributed by atoms with E-state index in [1.165, 1.54) is 0 Å². The van der Waals surface area contributed by atoms with Crippen LogP contribution in [0.25, 0.3) is 0 Å². The molecule has 1 atom stereocenters. The number of fused-ring (bicyclic) bond motifs is 1. The van der Waals surface area contributed by atoms with E-state index in [0.717, 1.165) is 22.4 Å². The van der Waals surface area contributed by atoms with E-state index in [1.807, 2.05) is 32.0 Å². The predicted molar refractivity (Wildman–Crippen MR) is 88.6 cm³/mol. The monoisotopic (exact) mass is 315 g/mol. The highest BCUT2D eigenvalue weighted by Gasteiger charge is 2.28. The molecule has 0 spiro atoms. The number of aliphatic hydroxyl groups is 1. The van der Waals surface area contributed by atoms with Crippen molar-refractivity contribution in [1.82, 2.24) is 0 Å². The molecule has 2 aromatic rings. The summed E-state index contributed by atoms with van der Waals surface area (Å²) in [6.07, 6.45) is -0.0540. The molecule has 0 aliphatic carbocycles. The summed E-state index contributed by atoms with van der Waals surface area (Å²) in [6.45, 7) is 4.53. The number of hydrogen-bond acceptors (Lipinski definition) is 2. The van der Waals surface area contributed by atoms with Crippen LogP contribution in [0.2, 0.25) is 5.02 Å². The van der Waals surface area contributed by atoms with Crippen LogP contribution in [0.1, 0.15) is 39.6 Å². The summed E-state index contributed by atoms with van der Waals surface area (Å²) in [6, 6.07) is 11.0. The van der Waals surface area contributed by atoms with E-state index in [0.29, 0.717) is 23.6 Å². The largest absolute Gasteiger partial charge is 0.388 e. The number of anilines is 1. The zero-order chi connectivity index (χ0) is 15.9. The van der Waals surface area contributed by atoms with E-state index in [-0.39, 0.29) is 5.91 Å². The summed E-state index contributed by atoms with van der Waals surface area (Å²) in [5, 5.41) is 10.7. The second-order valence-electron chi connectivity index (χ2n) is 5.76. The molecule has 0 fully saturated rings. The Hall–Kier alpha value is -1.84. The van der Waals surface area contributed by atoms with E-state index < -0.39 is 6.10 Å². The number of halogens is 1. The lowest BCUT2D eigenvalue weighted by Crippen LogP contribution is -2.36. The Morgan fingerprint density at radius 3 is 2.68 bits per heavy atom. The molecule has 4 heteroatoms. The standard InChI is InChI=1S/C18H18ClNO2/c1-11-3-4-13(9-12(11)2)18(22)20-8-7-17(21)15-10-14(19)5-6-16(15)20/h3-6,9-10,17,21H,7-8H2,1-2H3. The van der Waals surface area contributed by atoms with Gasteiger partial charge in [-0.3, -0.25) is 4.79 Å². The van der Waals surface area contributed by atoms with Gasteiger partial charge < -0.3 is 10.0 Å². The third kappa shape index (κ3) is 2.62. The van der Waals surface area contributed by atoms with Crippen LogP contribution in [0.4, 0.5) is 5.69 Å².